The van der Waals surface area contributed by atoms with Crippen LogP contribution in [0.2, 0.25) is 0 Å². The molecule has 1 fully saturated rings. The summed E-state index contributed by atoms with van der Waals surface area (Å²) in [4.78, 5) is 9.62. The van der Waals surface area contributed by atoms with Gasteiger partial charge >= 0.3 is 5.69 Å². The number of rotatable bonds is 5. The lowest BCUT2D eigenvalue weighted by Gasteiger charge is -2.05. The highest BCUT2D eigenvalue weighted by Gasteiger charge is 2.21. The van der Waals surface area contributed by atoms with Crippen molar-refractivity contribution in [3.63, 3.8) is 0 Å². The molecule has 1 aliphatic rings. The minimum Gasteiger partial charge on any atom is -0.493 e. The maximum atomic E-state index is 13.2. The zero-order valence-electron chi connectivity index (χ0n) is 8.69. The molecular weight excluding hydrogens is 213 g/mol. The molecule has 0 atom stereocenters. The standard InChI is InChI=1S/C11H12FNO3/c12-10-7-9(3-4-11(10)13(14)15)16-6-5-8-1-2-8/h3-4,7-8H,1-2,5-6H2. The summed E-state index contributed by atoms with van der Waals surface area (Å²) in [6.45, 7) is 0.544. The number of halogens is 1. The second-order valence-corrected chi connectivity index (χ2v) is 3.95. The Labute approximate surface area is 92.2 Å². The van der Waals surface area contributed by atoms with Crippen molar-refractivity contribution in [1.82, 2.24) is 0 Å². The van der Waals surface area contributed by atoms with Crippen LogP contribution in [-0.2, 0) is 0 Å². The molecule has 0 aromatic heterocycles. The van der Waals surface area contributed by atoms with Crippen molar-refractivity contribution in [3.8, 4) is 5.75 Å². The molecule has 5 heteroatoms. The zero-order valence-corrected chi connectivity index (χ0v) is 8.69. The van der Waals surface area contributed by atoms with Gasteiger partial charge in [0.1, 0.15) is 5.75 Å². The fourth-order valence-corrected chi connectivity index (χ4v) is 1.48. The molecule has 0 aliphatic heterocycles. The molecule has 86 valence electrons. The molecule has 0 saturated heterocycles. The van der Waals surface area contributed by atoms with Crippen molar-refractivity contribution >= 4 is 5.69 Å². The van der Waals surface area contributed by atoms with Crippen LogP contribution in [0.4, 0.5) is 10.1 Å². The minimum absolute atomic E-state index is 0.351. The zero-order chi connectivity index (χ0) is 11.5. The molecular formula is C11H12FNO3. The van der Waals surface area contributed by atoms with Crippen molar-refractivity contribution in [2.45, 2.75) is 19.3 Å². The van der Waals surface area contributed by atoms with Crippen molar-refractivity contribution in [2.24, 2.45) is 5.92 Å². The Morgan fingerprint density at radius 1 is 1.50 bits per heavy atom. The second kappa shape index (κ2) is 4.47. The molecule has 4 nitrogen and oxygen atoms in total. The molecule has 1 aromatic rings. The molecule has 0 radical (unpaired) electrons. The first-order valence-corrected chi connectivity index (χ1v) is 5.23. The summed E-state index contributed by atoms with van der Waals surface area (Å²) < 4.78 is 18.5. The Balaban J connectivity index is 1.93. The summed E-state index contributed by atoms with van der Waals surface area (Å²) in [6, 6.07) is 3.61. The van der Waals surface area contributed by atoms with Gasteiger partial charge in [0.2, 0.25) is 5.82 Å². The molecule has 1 aliphatic carbocycles. The molecule has 0 spiro atoms. The van der Waals surface area contributed by atoms with Gasteiger partial charge in [0.05, 0.1) is 11.5 Å². The largest absolute Gasteiger partial charge is 0.493 e. The summed E-state index contributed by atoms with van der Waals surface area (Å²) in [5.41, 5.74) is -0.519. The van der Waals surface area contributed by atoms with E-state index in [1.165, 1.54) is 18.9 Å². The fourth-order valence-electron chi connectivity index (χ4n) is 1.48. The van der Waals surface area contributed by atoms with Gasteiger partial charge in [-0.15, -0.1) is 0 Å². The summed E-state index contributed by atoms with van der Waals surface area (Å²) in [7, 11) is 0. The normalized spacial score (nSPS) is 14.8. The lowest BCUT2D eigenvalue weighted by atomic mass is 10.3. The van der Waals surface area contributed by atoms with Gasteiger partial charge in [0.25, 0.3) is 0 Å². The van der Waals surface area contributed by atoms with Crippen molar-refractivity contribution in [2.75, 3.05) is 6.61 Å². The number of hydrogen-bond donors (Lipinski definition) is 0. The summed E-state index contributed by atoms with van der Waals surface area (Å²) in [5, 5.41) is 10.4. The minimum atomic E-state index is -0.853. The monoisotopic (exact) mass is 225 g/mol. The van der Waals surface area contributed by atoms with E-state index < -0.39 is 16.4 Å². The van der Waals surface area contributed by atoms with Crippen LogP contribution in [0.15, 0.2) is 18.2 Å². The SMILES string of the molecule is O=[N+]([O-])c1ccc(OCCC2CC2)cc1F. The quantitative estimate of drug-likeness (QED) is 0.571. The maximum Gasteiger partial charge on any atom is 0.305 e. The topological polar surface area (TPSA) is 52.4 Å². The van der Waals surface area contributed by atoms with Crippen LogP contribution in [0.1, 0.15) is 19.3 Å². The Hall–Kier alpha value is -1.65. The lowest BCUT2D eigenvalue weighted by Crippen LogP contribution is -1.99. The van der Waals surface area contributed by atoms with Crippen LogP contribution in [0.25, 0.3) is 0 Å². The van der Waals surface area contributed by atoms with E-state index in [0.29, 0.717) is 12.4 Å². The Bertz CT molecular complexity index is 404. The molecule has 0 unspecified atom stereocenters. The molecule has 0 heterocycles. The van der Waals surface area contributed by atoms with Gasteiger partial charge in [-0.25, -0.2) is 0 Å². The van der Waals surface area contributed by atoms with Crippen molar-refractivity contribution in [3.05, 3.63) is 34.1 Å². The average molecular weight is 225 g/mol. The molecule has 0 bridgehead atoms. The molecule has 2 rings (SSSR count). The van der Waals surface area contributed by atoms with Crippen LogP contribution in [0.5, 0.6) is 5.75 Å². The van der Waals surface area contributed by atoms with Crippen LogP contribution < -0.4 is 4.74 Å². The number of nitro groups is 1. The highest BCUT2D eigenvalue weighted by Crippen LogP contribution is 2.32. The smallest absolute Gasteiger partial charge is 0.305 e. The lowest BCUT2D eigenvalue weighted by molar-refractivity contribution is -0.387. The molecule has 0 amide bonds. The predicted molar refractivity (Wildman–Crippen MR) is 55.9 cm³/mol. The van der Waals surface area contributed by atoms with Crippen LogP contribution in [-0.4, -0.2) is 11.5 Å². The molecule has 1 aromatic carbocycles. The van der Waals surface area contributed by atoms with Gasteiger partial charge in [-0.2, -0.15) is 4.39 Å². The second-order valence-electron chi connectivity index (χ2n) is 3.95. The third-order valence-electron chi connectivity index (χ3n) is 2.61. The van der Waals surface area contributed by atoms with E-state index in [1.54, 1.807) is 0 Å². The number of ether oxygens (including phenoxy) is 1. The third-order valence-corrected chi connectivity index (χ3v) is 2.61. The summed E-state index contributed by atoms with van der Waals surface area (Å²) >= 11 is 0. The molecule has 0 N–H and O–H groups in total. The van der Waals surface area contributed by atoms with E-state index in [1.807, 2.05) is 0 Å². The molecule has 1 saturated carbocycles. The highest BCUT2D eigenvalue weighted by atomic mass is 19.1. The van der Waals surface area contributed by atoms with Gasteiger partial charge in [-0.3, -0.25) is 10.1 Å². The highest BCUT2D eigenvalue weighted by molar-refractivity contribution is 5.37. The van der Waals surface area contributed by atoms with Crippen LogP contribution in [0.3, 0.4) is 0 Å². The first kappa shape index (κ1) is 10.9. The average Bonchev–Trinajstić information content (AvgIpc) is 3.01. The van der Waals surface area contributed by atoms with Gasteiger partial charge in [0, 0.05) is 12.1 Å². The fraction of sp³-hybridized carbons (Fsp3) is 0.455. The van der Waals surface area contributed by atoms with E-state index in [2.05, 4.69) is 0 Å². The van der Waals surface area contributed by atoms with E-state index in [4.69, 9.17) is 4.74 Å². The number of nitro benzene ring substituents is 1. The van der Waals surface area contributed by atoms with Crippen molar-refractivity contribution < 1.29 is 14.1 Å². The Morgan fingerprint density at radius 2 is 2.25 bits per heavy atom. The van der Waals surface area contributed by atoms with Gasteiger partial charge in [-0.05, 0) is 18.4 Å². The third kappa shape index (κ3) is 2.68. The van der Waals surface area contributed by atoms with Gasteiger partial charge in [-0.1, -0.05) is 12.8 Å². The van der Waals surface area contributed by atoms with Gasteiger partial charge < -0.3 is 4.74 Å². The maximum absolute atomic E-state index is 13.2. The van der Waals surface area contributed by atoms with Crippen LogP contribution >= 0.6 is 0 Å². The summed E-state index contributed by atoms with van der Waals surface area (Å²) in [6.07, 6.45) is 3.47. The first-order valence-electron chi connectivity index (χ1n) is 5.23. The summed E-state index contributed by atoms with van der Waals surface area (Å²) in [5.74, 6) is 0.251. The van der Waals surface area contributed by atoms with E-state index in [9.17, 15) is 14.5 Å². The Kier molecular flexibility index (Phi) is 3.03. The number of nitrogens with zero attached hydrogens (tertiary/aromatic N) is 1. The van der Waals surface area contributed by atoms with E-state index in [0.717, 1.165) is 24.5 Å². The molecule has 16 heavy (non-hydrogen) atoms. The van der Waals surface area contributed by atoms with E-state index in [-0.39, 0.29) is 0 Å². The van der Waals surface area contributed by atoms with E-state index >= 15 is 0 Å². The number of hydrogen-bond acceptors (Lipinski definition) is 3. The Morgan fingerprint density at radius 3 is 2.81 bits per heavy atom. The van der Waals surface area contributed by atoms with Crippen molar-refractivity contribution in [1.29, 1.82) is 0 Å². The van der Waals surface area contributed by atoms with Crippen LogP contribution in [0, 0.1) is 21.8 Å². The predicted octanol–water partition coefficient (Wildman–Crippen LogP) is 2.91. The number of benzene rings is 1. The first-order chi connectivity index (χ1) is 7.66. The van der Waals surface area contributed by atoms with Gasteiger partial charge in [0.15, 0.2) is 0 Å².